The second kappa shape index (κ2) is 8.25. The number of benzene rings is 1. The molecule has 23 heavy (non-hydrogen) atoms. The smallest absolute Gasteiger partial charge is 0.273 e. The molecule has 0 saturated heterocycles. The van der Waals surface area contributed by atoms with E-state index in [0.29, 0.717) is 6.54 Å². The van der Waals surface area contributed by atoms with Gasteiger partial charge in [-0.25, -0.2) is 4.68 Å². The zero-order valence-corrected chi connectivity index (χ0v) is 13.4. The van der Waals surface area contributed by atoms with E-state index < -0.39 is 6.29 Å². The Balaban J connectivity index is 1.92. The summed E-state index contributed by atoms with van der Waals surface area (Å²) in [6.45, 7) is 0.750. The number of carbonyl (C=O) groups is 1. The van der Waals surface area contributed by atoms with E-state index in [0.717, 1.165) is 11.3 Å². The number of nitrogens with zero attached hydrogens (tertiary/aromatic N) is 3. The number of nitrogens with one attached hydrogen (secondary N) is 1. The minimum atomic E-state index is -0.492. The van der Waals surface area contributed by atoms with Crippen LogP contribution in [-0.2, 0) is 16.0 Å². The third-order valence-electron chi connectivity index (χ3n) is 3.23. The summed E-state index contributed by atoms with van der Waals surface area (Å²) in [5, 5.41) is 10.5. The topological polar surface area (TPSA) is 87.5 Å². The van der Waals surface area contributed by atoms with Crippen molar-refractivity contribution in [3.8, 4) is 5.75 Å². The second-order valence-electron chi connectivity index (χ2n) is 4.76. The summed E-state index contributed by atoms with van der Waals surface area (Å²) in [5.41, 5.74) is 1.27. The number of amides is 1. The van der Waals surface area contributed by atoms with Gasteiger partial charge in [-0.3, -0.25) is 4.79 Å². The molecule has 0 aliphatic rings. The Morgan fingerprint density at radius 3 is 2.52 bits per heavy atom. The van der Waals surface area contributed by atoms with Crippen LogP contribution in [0.15, 0.2) is 30.5 Å². The molecule has 124 valence electrons. The number of ether oxygens (including phenoxy) is 3. The van der Waals surface area contributed by atoms with E-state index >= 15 is 0 Å². The highest BCUT2D eigenvalue weighted by molar-refractivity contribution is 5.91. The van der Waals surface area contributed by atoms with E-state index in [-0.39, 0.29) is 18.1 Å². The van der Waals surface area contributed by atoms with E-state index in [1.54, 1.807) is 18.0 Å². The summed E-state index contributed by atoms with van der Waals surface area (Å²) >= 11 is 0. The first-order valence-electron chi connectivity index (χ1n) is 7.03. The van der Waals surface area contributed by atoms with Gasteiger partial charge in [0.15, 0.2) is 12.0 Å². The van der Waals surface area contributed by atoms with Crippen molar-refractivity contribution >= 4 is 5.91 Å². The fourth-order valence-corrected chi connectivity index (χ4v) is 1.93. The average Bonchev–Trinajstić information content (AvgIpc) is 3.05. The summed E-state index contributed by atoms with van der Waals surface area (Å²) in [4.78, 5) is 12.0. The summed E-state index contributed by atoms with van der Waals surface area (Å²) < 4.78 is 16.7. The van der Waals surface area contributed by atoms with Gasteiger partial charge in [0.2, 0.25) is 0 Å². The van der Waals surface area contributed by atoms with Gasteiger partial charge in [-0.05, 0) is 17.7 Å². The molecule has 0 aliphatic carbocycles. The van der Waals surface area contributed by atoms with Crippen molar-refractivity contribution in [1.82, 2.24) is 20.3 Å². The monoisotopic (exact) mass is 320 g/mol. The van der Waals surface area contributed by atoms with Gasteiger partial charge in [-0.15, -0.1) is 5.10 Å². The van der Waals surface area contributed by atoms with Crippen LogP contribution < -0.4 is 10.1 Å². The summed E-state index contributed by atoms with van der Waals surface area (Å²) in [5.74, 6) is 0.461. The molecule has 0 radical (unpaired) electrons. The van der Waals surface area contributed by atoms with Crippen LogP contribution >= 0.6 is 0 Å². The van der Waals surface area contributed by atoms with Crippen molar-refractivity contribution in [1.29, 1.82) is 0 Å². The normalized spacial score (nSPS) is 10.8. The maximum atomic E-state index is 12.0. The van der Waals surface area contributed by atoms with Crippen LogP contribution in [0.2, 0.25) is 0 Å². The van der Waals surface area contributed by atoms with Gasteiger partial charge >= 0.3 is 0 Å². The van der Waals surface area contributed by atoms with Gasteiger partial charge in [0, 0.05) is 14.2 Å². The van der Waals surface area contributed by atoms with Gasteiger partial charge in [0.25, 0.3) is 5.91 Å². The molecule has 1 aromatic carbocycles. The molecule has 1 aromatic heterocycles. The summed E-state index contributed by atoms with van der Waals surface area (Å²) in [6, 6.07) is 7.61. The van der Waals surface area contributed by atoms with Gasteiger partial charge < -0.3 is 19.5 Å². The van der Waals surface area contributed by atoms with Crippen LogP contribution in [0.25, 0.3) is 0 Å². The van der Waals surface area contributed by atoms with Crippen molar-refractivity contribution < 1.29 is 19.0 Å². The Morgan fingerprint density at radius 2 is 1.91 bits per heavy atom. The highest BCUT2D eigenvalue weighted by Gasteiger charge is 2.13. The molecule has 0 unspecified atom stereocenters. The molecule has 0 saturated carbocycles. The Labute approximate surface area is 134 Å². The molecule has 2 aromatic rings. The minimum Gasteiger partial charge on any atom is -0.497 e. The number of methoxy groups -OCH3 is 3. The molecule has 0 spiro atoms. The molecule has 8 nitrogen and oxygen atoms in total. The number of hydrogen-bond donors (Lipinski definition) is 1. The Kier molecular flexibility index (Phi) is 6.07. The fourth-order valence-electron chi connectivity index (χ4n) is 1.93. The molecule has 8 heteroatoms. The van der Waals surface area contributed by atoms with Gasteiger partial charge in [0.1, 0.15) is 5.75 Å². The van der Waals surface area contributed by atoms with Gasteiger partial charge in [0.05, 0.1) is 26.4 Å². The molecule has 2 rings (SSSR count). The van der Waals surface area contributed by atoms with E-state index in [2.05, 4.69) is 15.6 Å². The van der Waals surface area contributed by atoms with Crippen molar-refractivity contribution in [3.05, 3.63) is 41.7 Å². The van der Waals surface area contributed by atoms with Crippen LogP contribution in [0.1, 0.15) is 16.1 Å². The van der Waals surface area contributed by atoms with Crippen LogP contribution in [0.4, 0.5) is 0 Å². The molecule has 0 aliphatic heterocycles. The molecule has 1 heterocycles. The Morgan fingerprint density at radius 1 is 1.22 bits per heavy atom. The van der Waals surface area contributed by atoms with Crippen LogP contribution in [0.5, 0.6) is 5.75 Å². The second-order valence-corrected chi connectivity index (χ2v) is 4.76. The predicted octanol–water partition coefficient (Wildman–Crippen LogP) is 0.684. The maximum absolute atomic E-state index is 12.0. The highest BCUT2D eigenvalue weighted by Crippen LogP contribution is 2.12. The standard InChI is InChI=1S/C15H20N4O4/c1-21-12-6-4-11(5-7-12)9-19-10-13(17-18-19)15(20)16-8-14(22-2)23-3/h4-7,10,14H,8-9H2,1-3H3,(H,16,20). The lowest BCUT2D eigenvalue weighted by Gasteiger charge is -2.13. The van der Waals surface area contributed by atoms with Gasteiger partial charge in [-0.2, -0.15) is 0 Å². The molecule has 1 N–H and O–H groups in total. The molecular weight excluding hydrogens is 300 g/mol. The first kappa shape index (κ1) is 16.9. The molecular formula is C15H20N4O4. The number of aromatic nitrogens is 3. The maximum Gasteiger partial charge on any atom is 0.273 e. The van der Waals surface area contributed by atoms with E-state index in [1.807, 2.05) is 24.3 Å². The van der Waals surface area contributed by atoms with Crippen LogP contribution in [0, 0.1) is 0 Å². The van der Waals surface area contributed by atoms with E-state index in [1.165, 1.54) is 14.2 Å². The van der Waals surface area contributed by atoms with Crippen molar-refractivity contribution in [2.75, 3.05) is 27.9 Å². The number of hydrogen-bond acceptors (Lipinski definition) is 6. The third kappa shape index (κ3) is 4.76. The largest absolute Gasteiger partial charge is 0.497 e. The zero-order valence-electron chi connectivity index (χ0n) is 13.4. The fraction of sp³-hybridized carbons (Fsp3) is 0.400. The van der Waals surface area contributed by atoms with Crippen molar-refractivity contribution in [3.63, 3.8) is 0 Å². The lowest BCUT2D eigenvalue weighted by Crippen LogP contribution is -2.34. The SMILES string of the molecule is COc1ccc(Cn2cc(C(=O)NCC(OC)OC)nn2)cc1. The van der Waals surface area contributed by atoms with Crippen molar-refractivity contribution in [2.45, 2.75) is 12.8 Å². The first-order chi connectivity index (χ1) is 11.2. The quantitative estimate of drug-likeness (QED) is 0.720. The minimum absolute atomic E-state index is 0.233. The number of carbonyl (C=O) groups excluding carboxylic acids is 1. The van der Waals surface area contributed by atoms with E-state index in [9.17, 15) is 4.79 Å². The van der Waals surface area contributed by atoms with Crippen LogP contribution in [-0.4, -0.2) is 55.1 Å². The summed E-state index contributed by atoms with van der Waals surface area (Å²) in [7, 11) is 4.63. The van der Waals surface area contributed by atoms with E-state index in [4.69, 9.17) is 14.2 Å². The lowest BCUT2D eigenvalue weighted by molar-refractivity contribution is -0.0974. The third-order valence-corrected chi connectivity index (χ3v) is 3.23. The molecule has 0 bridgehead atoms. The summed E-state index contributed by atoms with van der Waals surface area (Å²) in [6.07, 6.45) is 1.10. The predicted molar refractivity (Wildman–Crippen MR) is 82.3 cm³/mol. The van der Waals surface area contributed by atoms with Crippen molar-refractivity contribution in [2.24, 2.45) is 0 Å². The van der Waals surface area contributed by atoms with Gasteiger partial charge in [-0.1, -0.05) is 17.3 Å². The lowest BCUT2D eigenvalue weighted by atomic mass is 10.2. The first-order valence-corrected chi connectivity index (χ1v) is 7.03. The molecule has 0 atom stereocenters. The van der Waals surface area contributed by atoms with Crippen LogP contribution in [0.3, 0.4) is 0 Å². The highest BCUT2D eigenvalue weighted by atomic mass is 16.7. The Hall–Kier alpha value is -2.45. The zero-order chi connectivity index (χ0) is 16.7. The number of rotatable bonds is 8. The Bertz CT molecular complexity index is 623. The molecule has 0 fully saturated rings. The molecule has 1 amide bonds. The average molecular weight is 320 g/mol.